The lowest BCUT2D eigenvalue weighted by Crippen LogP contribution is -1.83. The van der Waals surface area contributed by atoms with Gasteiger partial charge in [0.2, 0.25) is 0 Å². The van der Waals surface area contributed by atoms with Crippen LogP contribution in [0.2, 0.25) is 0 Å². The van der Waals surface area contributed by atoms with Crippen molar-refractivity contribution in [2.45, 2.75) is 6.85 Å². The maximum atomic E-state index is 12.5. The number of aryl methyl sites for hydroxylation is 1. The highest BCUT2D eigenvalue weighted by Gasteiger charge is 1.95. The molecule has 0 unspecified atom stereocenters. The molecule has 0 amide bonds. The Hall–Kier alpha value is -0.440. The molecular formula is C6H5BrFN. The first-order valence-electron chi connectivity index (χ1n) is 3.73. The highest BCUT2D eigenvalue weighted by Crippen LogP contribution is 2.13. The van der Waals surface area contributed by atoms with Crippen molar-refractivity contribution in [2.24, 2.45) is 0 Å². The lowest BCUT2D eigenvalue weighted by molar-refractivity contribution is 0.619. The van der Waals surface area contributed by atoms with E-state index in [9.17, 15) is 4.39 Å². The fourth-order valence-corrected chi connectivity index (χ4v) is 0.736. The molecule has 0 saturated carbocycles. The van der Waals surface area contributed by atoms with Crippen molar-refractivity contribution in [1.29, 1.82) is 0 Å². The Morgan fingerprint density at radius 2 is 2.67 bits per heavy atom. The van der Waals surface area contributed by atoms with Gasteiger partial charge in [-0.25, -0.2) is 4.39 Å². The van der Waals surface area contributed by atoms with Crippen molar-refractivity contribution in [1.82, 2.24) is 4.98 Å². The Balaban J connectivity index is 3.19. The summed E-state index contributed by atoms with van der Waals surface area (Å²) in [4.78, 5) is 3.46. The molecule has 3 heteroatoms. The average molecular weight is 193 g/mol. The smallest absolute Gasteiger partial charge is 0.142 e. The average Bonchev–Trinajstić information content (AvgIpc) is 1.83. The van der Waals surface area contributed by atoms with Crippen LogP contribution in [0.1, 0.15) is 9.81 Å². The summed E-state index contributed by atoms with van der Waals surface area (Å²) in [5.41, 5.74) is -0.121. The minimum Gasteiger partial charge on any atom is -0.257 e. The molecule has 0 radical (unpaired) electrons. The molecule has 0 aliphatic carbocycles. The molecule has 0 N–H and O–H groups in total. The second-order valence-electron chi connectivity index (χ2n) is 1.48. The molecule has 0 fully saturated rings. The number of rotatable bonds is 0. The first-order valence-corrected chi connectivity index (χ1v) is 3.02. The van der Waals surface area contributed by atoms with Gasteiger partial charge in [-0.1, -0.05) is 0 Å². The molecule has 0 aliphatic rings. The van der Waals surface area contributed by atoms with Gasteiger partial charge in [0.1, 0.15) is 5.82 Å². The van der Waals surface area contributed by atoms with E-state index in [-0.39, 0.29) is 10.2 Å². The largest absolute Gasteiger partial charge is 0.257 e. The number of nitrogens with zero attached hydrogens (tertiary/aromatic N) is 1. The molecule has 48 valence electrons. The summed E-state index contributed by atoms with van der Waals surface area (Å²) in [6.07, 6.45) is 0.881. The summed E-state index contributed by atoms with van der Waals surface area (Å²) >= 11 is 2.92. The van der Waals surface area contributed by atoms with Gasteiger partial charge >= 0.3 is 0 Å². The number of hydrogen-bond donors (Lipinski definition) is 0. The molecule has 0 atom stereocenters. The predicted molar refractivity (Wildman–Crippen MR) is 36.6 cm³/mol. The first-order chi connectivity index (χ1) is 5.41. The molecular weight excluding hydrogens is 185 g/mol. The topological polar surface area (TPSA) is 12.9 Å². The molecule has 1 aromatic rings. The normalized spacial score (nSPS) is 16.0. The Bertz CT molecular complexity index is 299. The standard InChI is InChI=1S/C6H5BrFN/c1-4-6(7)2-5(8)3-9-4/h2-3H,1H3/i1D3. The fraction of sp³-hybridized carbons (Fsp3) is 0.167. The lowest BCUT2D eigenvalue weighted by atomic mass is 10.4. The van der Waals surface area contributed by atoms with E-state index in [1.807, 2.05) is 0 Å². The van der Waals surface area contributed by atoms with E-state index < -0.39 is 12.7 Å². The highest BCUT2D eigenvalue weighted by atomic mass is 79.9. The minimum atomic E-state index is -2.30. The Morgan fingerprint density at radius 3 is 3.22 bits per heavy atom. The van der Waals surface area contributed by atoms with E-state index in [2.05, 4.69) is 20.9 Å². The number of pyridine rings is 1. The summed E-state index contributed by atoms with van der Waals surface area (Å²) in [6.45, 7) is -2.30. The lowest BCUT2D eigenvalue weighted by Gasteiger charge is -1.93. The zero-order valence-electron chi connectivity index (χ0n) is 7.36. The monoisotopic (exact) mass is 192 g/mol. The highest BCUT2D eigenvalue weighted by molar-refractivity contribution is 9.10. The third kappa shape index (κ3) is 1.48. The summed E-state index contributed by atoms with van der Waals surface area (Å²) in [7, 11) is 0. The van der Waals surface area contributed by atoms with Gasteiger partial charge in [-0.2, -0.15) is 0 Å². The maximum Gasteiger partial charge on any atom is 0.142 e. The van der Waals surface area contributed by atoms with Gasteiger partial charge in [0.05, 0.1) is 11.9 Å². The molecule has 0 bridgehead atoms. The van der Waals surface area contributed by atoms with Crippen LogP contribution in [0.25, 0.3) is 0 Å². The van der Waals surface area contributed by atoms with E-state index in [4.69, 9.17) is 4.11 Å². The van der Waals surface area contributed by atoms with Crippen molar-refractivity contribution >= 4 is 15.9 Å². The van der Waals surface area contributed by atoms with E-state index in [1.54, 1.807) is 0 Å². The number of hydrogen-bond acceptors (Lipinski definition) is 1. The molecule has 9 heavy (non-hydrogen) atoms. The van der Waals surface area contributed by atoms with Crippen LogP contribution in [-0.4, -0.2) is 4.98 Å². The molecule has 0 aromatic carbocycles. The SMILES string of the molecule is [2H]C([2H])([2H])c1ncc(F)cc1Br. The van der Waals surface area contributed by atoms with Gasteiger partial charge in [0.15, 0.2) is 0 Å². The second kappa shape index (κ2) is 2.43. The van der Waals surface area contributed by atoms with Crippen molar-refractivity contribution in [3.05, 3.63) is 28.2 Å². The third-order valence-corrected chi connectivity index (χ3v) is 1.41. The van der Waals surface area contributed by atoms with Crippen LogP contribution in [0.15, 0.2) is 16.7 Å². The quantitative estimate of drug-likeness (QED) is 0.615. The van der Waals surface area contributed by atoms with Gasteiger partial charge in [-0.3, -0.25) is 4.98 Å². The van der Waals surface area contributed by atoms with Gasteiger partial charge in [0.25, 0.3) is 0 Å². The van der Waals surface area contributed by atoms with E-state index in [0.29, 0.717) is 0 Å². The Morgan fingerprint density at radius 1 is 1.89 bits per heavy atom. The summed E-state index contributed by atoms with van der Waals surface area (Å²) < 4.78 is 33.6. The molecule has 1 nitrogen and oxygen atoms in total. The van der Waals surface area contributed by atoms with Gasteiger partial charge < -0.3 is 0 Å². The second-order valence-corrected chi connectivity index (χ2v) is 2.34. The third-order valence-electron chi connectivity index (χ3n) is 0.808. The van der Waals surface area contributed by atoms with Crippen molar-refractivity contribution in [2.75, 3.05) is 0 Å². The van der Waals surface area contributed by atoms with Crippen LogP contribution < -0.4 is 0 Å². The van der Waals surface area contributed by atoms with Gasteiger partial charge in [0, 0.05) is 8.58 Å². The minimum absolute atomic E-state index is 0.121. The van der Waals surface area contributed by atoms with Crippen molar-refractivity contribution in [3.8, 4) is 0 Å². The zero-order chi connectivity index (χ0) is 9.35. The maximum absolute atomic E-state index is 12.5. The number of aromatic nitrogens is 1. The van der Waals surface area contributed by atoms with Crippen LogP contribution >= 0.6 is 15.9 Å². The summed E-state index contributed by atoms with van der Waals surface area (Å²) in [5.74, 6) is -0.560. The number of halogens is 2. The van der Waals surface area contributed by atoms with E-state index in [0.717, 1.165) is 12.3 Å². The van der Waals surface area contributed by atoms with Gasteiger partial charge in [-0.15, -0.1) is 0 Å². The van der Waals surface area contributed by atoms with Crippen LogP contribution in [0, 0.1) is 12.7 Å². The molecule has 0 aliphatic heterocycles. The van der Waals surface area contributed by atoms with Crippen molar-refractivity contribution < 1.29 is 8.50 Å². The fourth-order valence-electron chi connectivity index (χ4n) is 0.415. The summed E-state index contributed by atoms with van der Waals surface area (Å²) in [5, 5.41) is 0. The summed E-state index contributed by atoms with van der Waals surface area (Å²) in [6, 6.07) is 1.08. The van der Waals surface area contributed by atoms with Crippen LogP contribution in [0.3, 0.4) is 0 Å². The van der Waals surface area contributed by atoms with Crippen LogP contribution in [-0.2, 0) is 0 Å². The Kier molecular flexibility index (Phi) is 0.990. The Labute approximate surface area is 65.3 Å². The molecule has 1 aromatic heterocycles. The molecule has 1 rings (SSSR count). The molecule has 0 spiro atoms. The predicted octanol–water partition coefficient (Wildman–Crippen LogP) is 2.29. The zero-order valence-corrected chi connectivity index (χ0v) is 5.94. The first kappa shape index (κ1) is 3.66. The van der Waals surface area contributed by atoms with Crippen LogP contribution in [0.4, 0.5) is 4.39 Å². The van der Waals surface area contributed by atoms with Crippen LogP contribution in [0.5, 0.6) is 0 Å². The van der Waals surface area contributed by atoms with E-state index in [1.165, 1.54) is 0 Å². The molecule has 0 saturated heterocycles. The van der Waals surface area contributed by atoms with Gasteiger partial charge in [-0.05, 0) is 28.8 Å². The van der Waals surface area contributed by atoms with E-state index >= 15 is 0 Å². The molecule has 1 heterocycles. The van der Waals surface area contributed by atoms with Crippen molar-refractivity contribution in [3.63, 3.8) is 0 Å².